The quantitative estimate of drug-likeness (QED) is 0.763. The van der Waals surface area contributed by atoms with E-state index in [1.165, 1.54) is 10.5 Å². The average molecular weight is 372 g/mol. The van der Waals surface area contributed by atoms with Crippen LogP contribution in [0.3, 0.4) is 0 Å². The molecule has 0 radical (unpaired) electrons. The Morgan fingerprint density at radius 2 is 2.19 bits per heavy atom. The Labute approximate surface area is 155 Å². The fourth-order valence-electron chi connectivity index (χ4n) is 2.89. The predicted molar refractivity (Wildman–Crippen MR) is 98.8 cm³/mol. The topological polar surface area (TPSA) is 64.9 Å². The van der Waals surface area contributed by atoms with Crippen LogP contribution in [0.4, 0.5) is 0 Å². The van der Waals surface area contributed by atoms with Crippen molar-refractivity contribution in [2.24, 2.45) is 0 Å². The second-order valence-electron chi connectivity index (χ2n) is 6.05. The summed E-state index contributed by atoms with van der Waals surface area (Å²) in [6.45, 7) is 2.40. The third kappa shape index (κ3) is 3.58. The number of hydrogen-bond acceptors (Lipinski definition) is 5. The maximum absolute atomic E-state index is 12.4. The highest BCUT2D eigenvalue weighted by Crippen LogP contribution is 2.20. The summed E-state index contributed by atoms with van der Waals surface area (Å²) in [7, 11) is 0. The smallest absolute Gasteiger partial charge is 0.258 e. The highest BCUT2D eigenvalue weighted by atomic mass is 35.5. The number of nitrogens with zero attached hydrogens (tertiary/aromatic N) is 2. The Morgan fingerprint density at radius 1 is 1.31 bits per heavy atom. The normalized spacial score (nSPS) is 17.3. The maximum Gasteiger partial charge on any atom is 0.258 e. The summed E-state index contributed by atoms with van der Waals surface area (Å²) in [5, 5.41) is 3.90. The van der Waals surface area contributed by atoms with Crippen LogP contribution in [-0.4, -0.2) is 29.1 Å². The molecule has 3 aromatic rings. The van der Waals surface area contributed by atoms with E-state index >= 15 is 0 Å². The first-order valence-corrected chi connectivity index (χ1v) is 8.80. The standard InChI is InChI=1S/C19H18ClN3O3/c20-15-4-2-1-3-13(15)12-26-14-5-7-23-18(9-14)22-16(10-19(23)24)17-11-21-6-8-25-17/h1-5,7,9-10,17,21H,6,8,11-12H2. The number of aromatic nitrogens is 2. The van der Waals surface area contributed by atoms with E-state index < -0.39 is 0 Å². The molecule has 1 atom stereocenters. The van der Waals surface area contributed by atoms with E-state index in [0.29, 0.717) is 41.9 Å². The Balaban J connectivity index is 1.61. The van der Waals surface area contributed by atoms with Crippen molar-refractivity contribution in [2.75, 3.05) is 19.7 Å². The molecule has 0 bridgehead atoms. The molecule has 1 aromatic carbocycles. The molecular weight excluding hydrogens is 354 g/mol. The SMILES string of the molecule is O=c1cc(C2CNCCO2)nc2cc(OCc3ccccc3Cl)ccn12. The van der Waals surface area contributed by atoms with E-state index in [0.717, 1.165) is 12.1 Å². The third-order valence-electron chi connectivity index (χ3n) is 4.27. The van der Waals surface area contributed by atoms with Gasteiger partial charge in [-0.2, -0.15) is 0 Å². The highest BCUT2D eigenvalue weighted by molar-refractivity contribution is 6.31. The third-order valence-corrected chi connectivity index (χ3v) is 4.64. The molecule has 4 rings (SSSR count). The van der Waals surface area contributed by atoms with Crippen molar-refractivity contribution >= 4 is 17.2 Å². The van der Waals surface area contributed by atoms with Crippen LogP contribution in [0.25, 0.3) is 5.65 Å². The minimum Gasteiger partial charge on any atom is -0.489 e. The van der Waals surface area contributed by atoms with E-state index in [1.54, 1.807) is 18.3 Å². The van der Waals surface area contributed by atoms with Crippen molar-refractivity contribution in [1.29, 1.82) is 0 Å². The summed E-state index contributed by atoms with van der Waals surface area (Å²) in [6, 6.07) is 12.5. The monoisotopic (exact) mass is 371 g/mol. The van der Waals surface area contributed by atoms with Crippen LogP contribution in [0.1, 0.15) is 17.4 Å². The molecule has 1 unspecified atom stereocenters. The Kier molecular flexibility index (Phi) is 4.88. The number of morpholine rings is 1. The molecule has 1 fully saturated rings. The van der Waals surface area contributed by atoms with Gasteiger partial charge in [-0.05, 0) is 12.1 Å². The first kappa shape index (κ1) is 17.0. The van der Waals surface area contributed by atoms with Gasteiger partial charge in [-0.3, -0.25) is 9.20 Å². The van der Waals surface area contributed by atoms with E-state index in [9.17, 15) is 4.79 Å². The molecule has 0 amide bonds. The van der Waals surface area contributed by atoms with Crippen molar-refractivity contribution < 1.29 is 9.47 Å². The van der Waals surface area contributed by atoms with Gasteiger partial charge in [-0.15, -0.1) is 0 Å². The minimum absolute atomic E-state index is 0.142. The summed E-state index contributed by atoms with van der Waals surface area (Å²) < 4.78 is 13.0. The van der Waals surface area contributed by atoms with Gasteiger partial charge in [0.15, 0.2) is 0 Å². The Hall–Kier alpha value is -2.41. The molecular formula is C19H18ClN3O3. The number of rotatable bonds is 4. The number of hydrogen-bond donors (Lipinski definition) is 1. The Morgan fingerprint density at radius 3 is 3.00 bits per heavy atom. The molecule has 134 valence electrons. The zero-order valence-corrected chi connectivity index (χ0v) is 14.8. The summed E-state index contributed by atoms with van der Waals surface area (Å²) in [5.41, 5.74) is 1.91. The lowest BCUT2D eigenvalue weighted by Crippen LogP contribution is -2.34. The summed E-state index contributed by atoms with van der Waals surface area (Å²) in [4.78, 5) is 17.0. The first-order valence-electron chi connectivity index (χ1n) is 8.42. The van der Waals surface area contributed by atoms with E-state index in [-0.39, 0.29) is 11.7 Å². The predicted octanol–water partition coefficient (Wildman–Crippen LogP) is 2.59. The van der Waals surface area contributed by atoms with Crippen LogP contribution in [-0.2, 0) is 11.3 Å². The van der Waals surface area contributed by atoms with Gasteiger partial charge in [0.25, 0.3) is 5.56 Å². The van der Waals surface area contributed by atoms with Crippen LogP contribution in [0.5, 0.6) is 5.75 Å². The minimum atomic E-state index is -0.214. The summed E-state index contributed by atoms with van der Waals surface area (Å²) >= 11 is 6.16. The fraction of sp³-hybridized carbons (Fsp3) is 0.263. The van der Waals surface area contributed by atoms with E-state index in [2.05, 4.69) is 10.3 Å². The lowest BCUT2D eigenvalue weighted by atomic mass is 10.2. The molecule has 0 saturated carbocycles. The molecule has 1 aliphatic heterocycles. The van der Waals surface area contributed by atoms with Crippen LogP contribution >= 0.6 is 11.6 Å². The highest BCUT2D eigenvalue weighted by Gasteiger charge is 2.18. The van der Waals surface area contributed by atoms with Crippen molar-refractivity contribution in [3.8, 4) is 5.75 Å². The van der Waals surface area contributed by atoms with Gasteiger partial charge in [0, 0.05) is 42.0 Å². The molecule has 26 heavy (non-hydrogen) atoms. The maximum atomic E-state index is 12.4. The van der Waals surface area contributed by atoms with Gasteiger partial charge < -0.3 is 14.8 Å². The lowest BCUT2D eigenvalue weighted by Gasteiger charge is -2.23. The number of halogens is 1. The van der Waals surface area contributed by atoms with Gasteiger partial charge in [-0.1, -0.05) is 29.8 Å². The number of benzene rings is 1. The fourth-order valence-corrected chi connectivity index (χ4v) is 3.08. The van der Waals surface area contributed by atoms with Crippen LogP contribution in [0, 0.1) is 0 Å². The lowest BCUT2D eigenvalue weighted by molar-refractivity contribution is 0.0250. The molecule has 7 heteroatoms. The molecule has 1 N–H and O–H groups in total. The van der Waals surface area contributed by atoms with E-state index in [4.69, 9.17) is 21.1 Å². The number of ether oxygens (including phenoxy) is 2. The number of pyridine rings is 1. The van der Waals surface area contributed by atoms with Crippen molar-refractivity contribution in [3.05, 3.63) is 75.3 Å². The van der Waals surface area contributed by atoms with Gasteiger partial charge in [0.1, 0.15) is 24.1 Å². The molecule has 0 spiro atoms. The summed E-state index contributed by atoms with van der Waals surface area (Å²) in [5.74, 6) is 0.622. The summed E-state index contributed by atoms with van der Waals surface area (Å²) in [6.07, 6.45) is 1.45. The molecule has 3 heterocycles. The second-order valence-corrected chi connectivity index (χ2v) is 6.46. The molecule has 1 aliphatic rings. The van der Waals surface area contributed by atoms with Crippen molar-refractivity contribution in [1.82, 2.24) is 14.7 Å². The number of nitrogens with one attached hydrogen (secondary N) is 1. The Bertz CT molecular complexity index is 983. The van der Waals surface area contributed by atoms with Crippen molar-refractivity contribution in [2.45, 2.75) is 12.7 Å². The zero-order chi connectivity index (χ0) is 17.9. The van der Waals surface area contributed by atoms with Gasteiger partial charge in [0.05, 0.1) is 12.3 Å². The van der Waals surface area contributed by atoms with Gasteiger partial charge >= 0.3 is 0 Å². The molecule has 1 saturated heterocycles. The second kappa shape index (κ2) is 7.45. The largest absolute Gasteiger partial charge is 0.489 e. The van der Waals surface area contributed by atoms with Gasteiger partial charge in [0.2, 0.25) is 0 Å². The van der Waals surface area contributed by atoms with Crippen LogP contribution in [0.15, 0.2) is 53.5 Å². The van der Waals surface area contributed by atoms with Crippen molar-refractivity contribution in [3.63, 3.8) is 0 Å². The molecule has 2 aromatic heterocycles. The molecule has 6 nitrogen and oxygen atoms in total. The zero-order valence-electron chi connectivity index (χ0n) is 14.0. The van der Waals surface area contributed by atoms with Crippen LogP contribution in [0.2, 0.25) is 5.02 Å². The number of fused-ring (bicyclic) bond motifs is 1. The molecule has 0 aliphatic carbocycles. The van der Waals surface area contributed by atoms with Gasteiger partial charge in [-0.25, -0.2) is 4.98 Å². The van der Waals surface area contributed by atoms with Crippen LogP contribution < -0.4 is 15.6 Å². The first-order chi connectivity index (χ1) is 12.7. The van der Waals surface area contributed by atoms with E-state index in [1.807, 2.05) is 24.3 Å². The average Bonchev–Trinajstić information content (AvgIpc) is 2.68.